The summed E-state index contributed by atoms with van der Waals surface area (Å²) in [7, 11) is 0. The molecule has 1 aliphatic heterocycles. The average Bonchev–Trinajstić information content (AvgIpc) is 3.11. The lowest BCUT2D eigenvalue weighted by atomic mass is 10.2. The van der Waals surface area contributed by atoms with Gasteiger partial charge < -0.3 is 4.74 Å². The van der Waals surface area contributed by atoms with Crippen LogP contribution in [0.3, 0.4) is 0 Å². The van der Waals surface area contributed by atoms with E-state index in [-0.39, 0.29) is 6.10 Å². The van der Waals surface area contributed by atoms with Gasteiger partial charge in [0.05, 0.1) is 29.9 Å². The predicted octanol–water partition coefficient (Wildman–Crippen LogP) is 2.07. The van der Waals surface area contributed by atoms with Gasteiger partial charge in [-0.3, -0.25) is 19.3 Å². The number of imidazole rings is 1. The highest BCUT2D eigenvalue weighted by Gasteiger charge is 2.24. The monoisotopic (exact) mass is 315 g/mol. The lowest BCUT2D eigenvalue weighted by Gasteiger charge is -2.32. The average molecular weight is 315 g/mol. The van der Waals surface area contributed by atoms with E-state index in [1.165, 1.54) is 5.69 Å². The first-order valence-electron chi connectivity index (χ1n) is 7.32. The number of thiazole rings is 1. The van der Waals surface area contributed by atoms with Crippen LogP contribution >= 0.6 is 11.3 Å². The molecule has 0 aliphatic carbocycles. The van der Waals surface area contributed by atoms with Gasteiger partial charge in [0.2, 0.25) is 0 Å². The molecule has 0 saturated carbocycles. The van der Waals surface area contributed by atoms with Crippen LogP contribution in [0.4, 0.5) is 0 Å². The van der Waals surface area contributed by atoms with Crippen molar-refractivity contribution in [3.8, 4) is 0 Å². The molecule has 0 aromatic carbocycles. The summed E-state index contributed by atoms with van der Waals surface area (Å²) in [6.07, 6.45) is 7.28. The second-order valence-electron chi connectivity index (χ2n) is 5.42. The largest absolute Gasteiger partial charge is 0.369 e. The molecule has 4 heterocycles. The van der Waals surface area contributed by atoms with Gasteiger partial charge in [-0.15, -0.1) is 11.3 Å². The van der Waals surface area contributed by atoms with Gasteiger partial charge in [-0.1, -0.05) is 0 Å². The van der Waals surface area contributed by atoms with Crippen molar-refractivity contribution in [2.75, 3.05) is 19.7 Å². The second kappa shape index (κ2) is 5.75. The summed E-state index contributed by atoms with van der Waals surface area (Å²) in [5.41, 5.74) is 3.27. The SMILES string of the molecule is Cc1nc2sccn2c1CN1CCO[C@@H](c2cnccn2)C1. The molecule has 1 atom stereocenters. The maximum Gasteiger partial charge on any atom is 0.194 e. The van der Waals surface area contributed by atoms with Crippen molar-refractivity contribution in [2.24, 2.45) is 0 Å². The van der Waals surface area contributed by atoms with Crippen LogP contribution in [0.2, 0.25) is 0 Å². The first-order valence-corrected chi connectivity index (χ1v) is 8.20. The standard InChI is InChI=1S/C15H17N5OS/c1-11-13(20-5-7-22-15(20)18-11)9-19-4-6-21-14(10-19)12-8-16-2-3-17-12/h2-3,5,7-8,14H,4,6,9-10H2,1H3/t14-/m1/s1. The van der Waals surface area contributed by atoms with Gasteiger partial charge >= 0.3 is 0 Å². The molecule has 4 rings (SSSR count). The molecule has 3 aromatic heterocycles. The summed E-state index contributed by atoms with van der Waals surface area (Å²) in [6.45, 7) is 5.43. The molecular formula is C15H17N5OS. The Morgan fingerprint density at radius 2 is 2.36 bits per heavy atom. The maximum absolute atomic E-state index is 5.85. The number of morpholine rings is 1. The minimum atomic E-state index is -0.00589. The fraction of sp³-hybridized carbons (Fsp3) is 0.400. The zero-order chi connectivity index (χ0) is 14.9. The van der Waals surface area contributed by atoms with E-state index in [1.54, 1.807) is 29.9 Å². The van der Waals surface area contributed by atoms with Crippen LogP contribution in [0.1, 0.15) is 23.2 Å². The smallest absolute Gasteiger partial charge is 0.194 e. The quantitative estimate of drug-likeness (QED) is 0.740. The number of aryl methyl sites for hydroxylation is 1. The summed E-state index contributed by atoms with van der Waals surface area (Å²) >= 11 is 1.67. The second-order valence-corrected chi connectivity index (χ2v) is 6.30. The lowest BCUT2D eigenvalue weighted by Crippen LogP contribution is -2.38. The van der Waals surface area contributed by atoms with Crippen LogP contribution in [0.25, 0.3) is 4.96 Å². The third kappa shape index (κ3) is 2.51. The molecule has 1 fully saturated rings. The predicted molar refractivity (Wildman–Crippen MR) is 83.8 cm³/mol. The number of nitrogens with zero attached hydrogens (tertiary/aromatic N) is 5. The van der Waals surface area contributed by atoms with Crippen LogP contribution < -0.4 is 0 Å². The Hall–Kier alpha value is -1.83. The summed E-state index contributed by atoms with van der Waals surface area (Å²) in [5, 5.41) is 2.08. The van der Waals surface area contributed by atoms with E-state index >= 15 is 0 Å². The number of aromatic nitrogens is 4. The van der Waals surface area contributed by atoms with Crippen molar-refractivity contribution in [1.82, 2.24) is 24.3 Å². The van der Waals surface area contributed by atoms with Gasteiger partial charge in [0, 0.05) is 43.6 Å². The minimum absolute atomic E-state index is 0.00589. The zero-order valence-corrected chi connectivity index (χ0v) is 13.2. The molecule has 0 N–H and O–H groups in total. The molecule has 0 radical (unpaired) electrons. The Bertz CT molecular complexity index is 769. The van der Waals surface area contributed by atoms with Crippen molar-refractivity contribution in [1.29, 1.82) is 0 Å². The number of hydrogen-bond donors (Lipinski definition) is 0. The Morgan fingerprint density at radius 1 is 1.41 bits per heavy atom. The molecule has 1 saturated heterocycles. The molecule has 3 aromatic rings. The van der Waals surface area contributed by atoms with E-state index in [0.717, 1.165) is 36.0 Å². The van der Waals surface area contributed by atoms with E-state index in [9.17, 15) is 0 Å². The van der Waals surface area contributed by atoms with Crippen LogP contribution in [0, 0.1) is 6.92 Å². The summed E-state index contributed by atoms with van der Waals surface area (Å²) in [4.78, 5) is 16.6. The molecular weight excluding hydrogens is 298 g/mol. The Morgan fingerprint density at radius 3 is 3.23 bits per heavy atom. The highest BCUT2D eigenvalue weighted by atomic mass is 32.1. The summed E-state index contributed by atoms with van der Waals surface area (Å²) < 4.78 is 8.04. The number of ether oxygens (including phenoxy) is 1. The minimum Gasteiger partial charge on any atom is -0.369 e. The highest BCUT2D eigenvalue weighted by molar-refractivity contribution is 7.15. The van der Waals surface area contributed by atoms with Gasteiger partial charge in [-0.2, -0.15) is 0 Å². The van der Waals surface area contributed by atoms with Crippen LogP contribution in [0.5, 0.6) is 0 Å². The highest BCUT2D eigenvalue weighted by Crippen LogP contribution is 2.23. The van der Waals surface area contributed by atoms with Gasteiger partial charge in [-0.25, -0.2) is 4.98 Å². The first-order chi connectivity index (χ1) is 10.8. The zero-order valence-electron chi connectivity index (χ0n) is 12.3. The molecule has 1 aliphatic rings. The Balaban J connectivity index is 1.53. The molecule has 0 amide bonds. The third-order valence-electron chi connectivity index (χ3n) is 4.00. The first kappa shape index (κ1) is 13.8. The molecule has 114 valence electrons. The van der Waals surface area contributed by atoms with Crippen LogP contribution in [0.15, 0.2) is 30.2 Å². The molecule has 0 spiro atoms. The molecule has 0 bridgehead atoms. The van der Waals surface area contributed by atoms with Crippen molar-refractivity contribution < 1.29 is 4.74 Å². The number of hydrogen-bond acceptors (Lipinski definition) is 6. The summed E-state index contributed by atoms with van der Waals surface area (Å²) in [6, 6.07) is 0. The van der Waals surface area contributed by atoms with E-state index in [0.29, 0.717) is 6.61 Å². The van der Waals surface area contributed by atoms with Gasteiger partial charge in [0.1, 0.15) is 6.10 Å². The fourth-order valence-electron chi connectivity index (χ4n) is 2.85. The van der Waals surface area contributed by atoms with E-state index < -0.39 is 0 Å². The number of fused-ring (bicyclic) bond motifs is 1. The van der Waals surface area contributed by atoms with Crippen LogP contribution in [-0.2, 0) is 11.3 Å². The Kier molecular flexibility index (Phi) is 3.61. The lowest BCUT2D eigenvalue weighted by molar-refractivity contribution is -0.0356. The van der Waals surface area contributed by atoms with Gasteiger partial charge in [0.15, 0.2) is 4.96 Å². The van der Waals surface area contributed by atoms with Crippen LogP contribution in [-0.4, -0.2) is 43.9 Å². The number of rotatable bonds is 3. The fourth-order valence-corrected chi connectivity index (χ4v) is 3.62. The molecule has 22 heavy (non-hydrogen) atoms. The maximum atomic E-state index is 5.85. The third-order valence-corrected chi connectivity index (χ3v) is 4.75. The molecule has 6 nitrogen and oxygen atoms in total. The molecule has 7 heteroatoms. The van der Waals surface area contributed by atoms with Gasteiger partial charge in [0.25, 0.3) is 0 Å². The normalized spacial score (nSPS) is 19.8. The van der Waals surface area contributed by atoms with Crippen molar-refractivity contribution in [3.63, 3.8) is 0 Å². The van der Waals surface area contributed by atoms with E-state index in [4.69, 9.17) is 4.74 Å². The van der Waals surface area contributed by atoms with E-state index in [1.807, 2.05) is 0 Å². The van der Waals surface area contributed by atoms with Crippen molar-refractivity contribution in [3.05, 3.63) is 47.2 Å². The summed E-state index contributed by atoms with van der Waals surface area (Å²) in [5.74, 6) is 0. The molecule has 0 unspecified atom stereocenters. The topological polar surface area (TPSA) is 55.5 Å². The van der Waals surface area contributed by atoms with Crippen molar-refractivity contribution in [2.45, 2.75) is 19.6 Å². The van der Waals surface area contributed by atoms with E-state index in [2.05, 4.69) is 42.8 Å². The van der Waals surface area contributed by atoms with Gasteiger partial charge in [-0.05, 0) is 6.92 Å². The van der Waals surface area contributed by atoms with Crippen molar-refractivity contribution >= 4 is 16.3 Å². The Labute approximate surface area is 132 Å².